The van der Waals surface area contributed by atoms with Crippen LogP contribution < -0.4 is 16.2 Å². The van der Waals surface area contributed by atoms with Gasteiger partial charge in [-0.1, -0.05) is 102 Å². The minimum absolute atomic E-state index is 0.0401. The highest BCUT2D eigenvalue weighted by atomic mass is 16.2. The maximum atomic E-state index is 12.6. The van der Waals surface area contributed by atoms with Gasteiger partial charge < -0.3 is 10.4 Å². The summed E-state index contributed by atoms with van der Waals surface area (Å²) in [6, 6.07) is 14.5. The van der Waals surface area contributed by atoms with E-state index < -0.39 is 0 Å². The number of rotatable bonds is 8. The van der Waals surface area contributed by atoms with Crippen LogP contribution in [0.1, 0.15) is 77.5 Å². The lowest BCUT2D eigenvalue weighted by Gasteiger charge is -2.27. The summed E-state index contributed by atoms with van der Waals surface area (Å²) in [6.45, 7) is 14.2. The zero-order chi connectivity index (χ0) is 27.9. The summed E-state index contributed by atoms with van der Waals surface area (Å²) in [7, 11) is 1.00. The van der Waals surface area contributed by atoms with Gasteiger partial charge in [-0.15, -0.1) is 0 Å². The molecule has 1 amide bonds. The molecule has 2 heterocycles. The zero-order valence-electron chi connectivity index (χ0n) is 24.1. The van der Waals surface area contributed by atoms with E-state index >= 15 is 0 Å². The predicted octanol–water partition coefficient (Wildman–Crippen LogP) is 5.65. The van der Waals surface area contributed by atoms with Crippen LogP contribution in [-0.2, 0) is 4.79 Å². The fourth-order valence-electron chi connectivity index (χ4n) is 3.76. The van der Waals surface area contributed by atoms with Gasteiger partial charge in [-0.3, -0.25) is 15.1 Å². The molecule has 7 heteroatoms. The Kier molecular flexibility index (Phi) is 21.0. The fourth-order valence-corrected chi connectivity index (χ4v) is 3.76. The number of amides is 1. The van der Waals surface area contributed by atoms with E-state index in [0.717, 1.165) is 26.6 Å². The Hall–Kier alpha value is -2.58. The average Bonchev–Trinajstić information content (AvgIpc) is 3.04. The number of nitrogens with one attached hydrogen (secondary N) is 3. The number of unbranched alkanes of at least 4 members (excludes halogenated alkanes) is 2. The van der Waals surface area contributed by atoms with Crippen LogP contribution in [0.5, 0.6) is 0 Å². The second-order valence-corrected chi connectivity index (χ2v) is 8.26. The predicted molar refractivity (Wildman–Crippen MR) is 157 cm³/mol. The molecule has 208 valence electrons. The molecule has 1 aliphatic heterocycles. The van der Waals surface area contributed by atoms with E-state index in [1.807, 2.05) is 45.9 Å². The molecular weight excluding hydrogens is 462 g/mol. The van der Waals surface area contributed by atoms with E-state index in [4.69, 9.17) is 5.11 Å². The molecule has 0 fully saturated rings. The monoisotopic (exact) mass is 513 g/mol. The minimum Gasteiger partial charge on any atom is -0.400 e. The third-order valence-electron chi connectivity index (χ3n) is 5.51. The molecule has 3 rings (SSSR count). The second-order valence-electron chi connectivity index (χ2n) is 8.26. The number of aromatic nitrogens is 1. The van der Waals surface area contributed by atoms with Crippen LogP contribution in [0, 0.1) is 6.92 Å². The molecule has 4 N–H and O–H groups in total. The van der Waals surface area contributed by atoms with Crippen LogP contribution in [0.15, 0.2) is 60.8 Å². The molecular formula is C30H51N5O2. The van der Waals surface area contributed by atoms with Gasteiger partial charge in [-0.25, -0.2) is 10.4 Å². The van der Waals surface area contributed by atoms with Gasteiger partial charge in [0.25, 0.3) is 0 Å². The first-order chi connectivity index (χ1) is 18.1. The van der Waals surface area contributed by atoms with E-state index in [1.165, 1.54) is 30.4 Å². The summed E-state index contributed by atoms with van der Waals surface area (Å²) in [4.78, 5) is 19.0. The van der Waals surface area contributed by atoms with Crippen molar-refractivity contribution in [2.75, 3.05) is 32.1 Å². The second kappa shape index (κ2) is 22.6. The summed E-state index contributed by atoms with van der Waals surface area (Å²) in [5.74, 6) is 0.549. The highest BCUT2D eigenvalue weighted by Gasteiger charge is 2.19. The number of aliphatic hydroxyl groups excluding tert-OH is 1. The van der Waals surface area contributed by atoms with Gasteiger partial charge in [-0.2, -0.15) is 0 Å². The van der Waals surface area contributed by atoms with Crippen molar-refractivity contribution in [2.45, 2.75) is 79.3 Å². The molecule has 0 saturated carbocycles. The lowest BCUT2D eigenvalue weighted by Crippen LogP contribution is -2.48. The number of anilines is 1. The Morgan fingerprint density at radius 2 is 1.76 bits per heavy atom. The molecule has 0 radical (unpaired) electrons. The Labute approximate surface area is 225 Å². The van der Waals surface area contributed by atoms with Gasteiger partial charge in [0.05, 0.1) is 12.6 Å². The number of aryl methyl sites for hydroxylation is 1. The molecule has 0 aliphatic carbocycles. The number of hydrogen-bond acceptors (Lipinski definition) is 6. The van der Waals surface area contributed by atoms with E-state index in [2.05, 4.69) is 76.3 Å². The van der Waals surface area contributed by atoms with Crippen LogP contribution in [0.3, 0.4) is 0 Å². The van der Waals surface area contributed by atoms with Crippen LogP contribution in [0.4, 0.5) is 5.82 Å². The SMILES string of the molecule is CC.CC.CCCCCC1CN(CC(=O)Nc2ccccn2)C/C=C/C(c2ccc(C)cc2)NN1.CO. The average molecular weight is 514 g/mol. The smallest absolute Gasteiger partial charge is 0.239 e. The van der Waals surface area contributed by atoms with Crippen molar-refractivity contribution in [1.82, 2.24) is 20.7 Å². The first-order valence-corrected chi connectivity index (χ1v) is 13.8. The molecule has 1 aromatic carbocycles. The van der Waals surface area contributed by atoms with E-state index in [9.17, 15) is 4.79 Å². The number of nitrogens with zero attached hydrogens (tertiary/aromatic N) is 2. The Bertz CT molecular complexity index is 828. The van der Waals surface area contributed by atoms with Crippen LogP contribution >= 0.6 is 0 Å². The topological polar surface area (TPSA) is 89.5 Å². The van der Waals surface area contributed by atoms with Gasteiger partial charge in [0.15, 0.2) is 0 Å². The third-order valence-corrected chi connectivity index (χ3v) is 5.51. The summed E-state index contributed by atoms with van der Waals surface area (Å²) >= 11 is 0. The Morgan fingerprint density at radius 3 is 2.38 bits per heavy atom. The molecule has 0 spiro atoms. The quantitative estimate of drug-likeness (QED) is 0.270. The number of carbonyl (C=O) groups excluding carboxylic acids is 1. The molecule has 2 unspecified atom stereocenters. The van der Waals surface area contributed by atoms with Crippen LogP contribution in [0.2, 0.25) is 0 Å². The highest BCUT2D eigenvalue weighted by molar-refractivity contribution is 5.91. The number of aliphatic hydroxyl groups is 1. The van der Waals surface area contributed by atoms with Gasteiger partial charge in [0, 0.05) is 32.4 Å². The maximum Gasteiger partial charge on any atom is 0.239 e. The maximum absolute atomic E-state index is 12.6. The van der Waals surface area contributed by atoms with Gasteiger partial charge >= 0.3 is 0 Å². The lowest BCUT2D eigenvalue weighted by atomic mass is 10.1. The van der Waals surface area contributed by atoms with E-state index in [1.54, 1.807) is 6.20 Å². The first kappa shape index (κ1) is 34.4. The summed E-state index contributed by atoms with van der Waals surface area (Å²) in [5.41, 5.74) is 9.54. The lowest BCUT2D eigenvalue weighted by molar-refractivity contribution is -0.117. The van der Waals surface area contributed by atoms with Gasteiger partial charge in [-0.05, 0) is 31.0 Å². The normalized spacial score (nSPS) is 18.1. The zero-order valence-corrected chi connectivity index (χ0v) is 24.1. The molecule has 1 aromatic heterocycles. The molecule has 1 aliphatic rings. The van der Waals surface area contributed by atoms with Gasteiger partial charge in [0.2, 0.25) is 5.91 Å². The molecule has 2 atom stereocenters. The Morgan fingerprint density at radius 1 is 1.05 bits per heavy atom. The number of hydrogen-bond donors (Lipinski definition) is 4. The number of benzene rings is 1. The fraction of sp³-hybridized carbons (Fsp3) is 0.533. The van der Waals surface area contributed by atoms with Crippen molar-refractivity contribution >= 4 is 11.7 Å². The minimum atomic E-state index is -0.0401. The number of carbonyl (C=O) groups is 1. The van der Waals surface area contributed by atoms with Crippen molar-refractivity contribution in [1.29, 1.82) is 0 Å². The van der Waals surface area contributed by atoms with Crippen LogP contribution in [0.25, 0.3) is 0 Å². The first-order valence-electron chi connectivity index (χ1n) is 13.8. The van der Waals surface area contributed by atoms with Crippen molar-refractivity contribution in [3.63, 3.8) is 0 Å². The number of pyridine rings is 1. The highest BCUT2D eigenvalue weighted by Crippen LogP contribution is 2.17. The van der Waals surface area contributed by atoms with Crippen LogP contribution in [-0.4, -0.2) is 53.7 Å². The summed E-state index contributed by atoms with van der Waals surface area (Å²) in [6.07, 6.45) is 10.7. The molecule has 0 saturated heterocycles. The van der Waals surface area contributed by atoms with Crippen molar-refractivity contribution in [3.8, 4) is 0 Å². The summed E-state index contributed by atoms with van der Waals surface area (Å²) in [5, 5.41) is 9.90. The van der Waals surface area contributed by atoms with Crippen molar-refractivity contribution < 1.29 is 9.90 Å². The number of hydrazine groups is 1. The summed E-state index contributed by atoms with van der Waals surface area (Å²) < 4.78 is 0. The molecule has 2 aromatic rings. The van der Waals surface area contributed by atoms with E-state index in [-0.39, 0.29) is 18.0 Å². The molecule has 37 heavy (non-hydrogen) atoms. The molecule has 0 bridgehead atoms. The van der Waals surface area contributed by atoms with Gasteiger partial charge in [0.1, 0.15) is 5.82 Å². The Balaban J connectivity index is 0.00000201. The molecule has 7 nitrogen and oxygen atoms in total. The standard InChI is InChI=1S/C25H35N5O.2C2H6.CH4O/c1-3-4-5-9-22-18-30(19-25(31)27-24-11-6-7-16-26-24)17-8-10-23(29-28-22)21-14-12-20(2)13-15-21;3*1-2/h6-8,10-16,22-23,28-29H,3-5,9,17-19H2,1-2H3,(H,26,27,31);2*1-2H3;2H,1H3/b10-8+;;;. The van der Waals surface area contributed by atoms with E-state index in [0.29, 0.717) is 12.4 Å². The van der Waals surface area contributed by atoms with Crippen molar-refractivity contribution in [2.24, 2.45) is 0 Å². The largest absolute Gasteiger partial charge is 0.400 e. The third kappa shape index (κ3) is 14.7. The van der Waals surface area contributed by atoms with Crippen molar-refractivity contribution in [3.05, 3.63) is 71.9 Å².